The number of hydrogen-bond acceptors (Lipinski definition) is 6. The maximum Gasteiger partial charge on any atom is 0.178 e. The summed E-state index contributed by atoms with van der Waals surface area (Å²) in [5.41, 5.74) is 2.58. The largest absolute Gasteiger partial charge is 0.508 e. The molecule has 0 unspecified atom stereocenters. The highest BCUT2D eigenvalue weighted by Crippen LogP contribution is 2.48. The Balaban J connectivity index is 1.46. The predicted molar refractivity (Wildman–Crippen MR) is 141 cm³/mol. The number of allylic oxidation sites excluding steroid dienone is 1. The van der Waals surface area contributed by atoms with Gasteiger partial charge < -0.3 is 14.6 Å². The van der Waals surface area contributed by atoms with Gasteiger partial charge in [-0.15, -0.1) is 0 Å². The lowest BCUT2D eigenvalue weighted by molar-refractivity contribution is 0.0668. The van der Waals surface area contributed by atoms with Crippen molar-refractivity contribution in [2.75, 3.05) is 39.2 Å². The van der Waals surface area contributed by atoms with Gasteiger partial charge in [0.1, 0.15) is 40.7 Å². The number of ether oxygens (including phenoxy) is 2. The van der Waals surface area contributed by atoms with Crippen molar-refractivity contribution in [1.82, 2.24) is 4.90 Å². The number of nitrogens with zero attached hydrogens (tertiary/aromatic N) is 1. The van der Waals surface area contributed by atoms with Crippen molar-refractivity contribution >= 4 is 21.0 Å². The minimum absolute atomic E-state index is 0.0369. The highest BCUT2D eigenvalue weighted by atomic mass is 32.2. The summed E-state index contributed by atoms with van der Waals surface area (Å²) in [6, 6.07) is 16.3. The Labute approximate surface area is 221 Å². The van der Waals surface area contributed by atoms with Crippen LogP contribution in [0.4, 0.5) is 8.78 Å². The van der Waals surface area contributed by atoms with Crippen LogP contribution in [0.2, 0.25) is 0 Å². The topological polar surface area (TPSA) is 76.1 Å². The van der Waals surface area contributed by atoms with Crippen LogP contribution in [-0.2, 0) is 9.84 Å². The summed E-state index contributed by atoms with van der Waals surface area (Å²) in [5.74, 6) is 0.505. The van der Waals surface area contributed by atoms with Gasteiger partial charge in [0.2, 0.25) is 0 Å². The zero-order chi connectivity index (χ0) is 27.0. The van der Waals surface area contributed by atoms with Crippen molar-refractivity contribution in [3.8, 4) is 17.2 Å². The molecule has 38 heavy (non-hydrogen) atoms. The Kier molecular flexibility index (Phi) is 7.15. The van der Waals surface area contributed by atoms with Crippen molar-refractivity contribution in [3.05, 3.63) is 83.2 Å². The number of aromatic hydroxyl groups is 1. The second-order valence-corrected chi connectivity index (χ2v) is 11.8. The van der Waals surface area contributed by atoms with E-state index in [9.17, 15) is 17.9 Å². The van der Waals surface area contributed by atoms with Crippen LogP contribution in [0.3, 0.4) is 0 Å². The first-order valence-electron chi connectivity index (χ1n) is 12.4. The molecule has 0 aromatic heterocycles. The monoisotopic (exact) mass is 541 g/mol. The molecule has 0 bridgehead atoms. The molecular formula is C29H29F2NO5S. The molecule has 0 aliphatic carbocycles. The van der Waals surface area contributed by atoms with Crippen molar-refractivity contribution in [3.63, 3.8) is 0 Å². The van der Waals surface area contributed by atoms with Gasteiger partial charge in [0.15, 0.2) is 9.84 Å². The highest BCUT2D eigenvalue weighted by molar-refractivity contribution is 7.90. The standard InChI is InChI=1S/C29H29F2NO5S/c1-18-24-14-21(33)8-11-25(24)37-29(27(18)23-4-3-5-26(28(23)31)38(2,34)35)20-6-9-22(10-7-20)36-13-12-32-16-19(15-30)17-32/h3-11,14,19,29,33H,12-13,15-17H2,1-2H3/t29-/m0/s1. The van der Waals surface area contributed by atoms with E-state index >= 15 is 4.39 Å². The van der Waals surface area contributed by atoms with Gasteiger partial charge >= 0.3 is 0 Å². The number of alkyl halides is 1. The lowest BCUT2D eigenvalue weighted by Crippen LogP contribution is -2.49. The SMILES string of the molecule is CC1=C(c2cccc(S(C)(=O)=O)c2F)[C@H](c2ccc(OCCN3CC(CF)C3)cc2)Oc2ccc(O)cc21. The lowest BCUT2D eigenvalue weighted by atomic mass is 9.86. The normalized spacial score (nSPS) is 18.1. The third-order valence-corrected chi connectivity index (χ3v) is 8.16. The van der Waals surface area contributed by atoms with E-state index < -0.39 is 21.8 Å². The zero-order valence-corrected chi connectivity index (χ0v) is 22.0. The quantitative estimate of drug-likeness (QED) is 0.418. The molecule has 3 aromatic carbocycles. The Morgan fingerprint density at radius 2 is 1.82 bits per heavy atom. The lowest BCUT2D eigenvalue weighted by Gasteiger charge is -2.37. The van der Waals surface area contributed by atoms with Crippen LogP contribution < -0.4 is 9.47 Å². The van der Waals surface area contributed by atoms with Gasteiger partial charge in [-0.3, -0.25) is 9.29 Å². The van der Waals surface area contributed by atoms with E-state index in [-0.39, 0.29) is 28.8 Å². The van der Waals surface area contributed by atoms with E-state index in [2.05, 4.69) is 4.90 Å². The molecule has 0 radical (unpaired) electrons. The molecule has 1 saturated heterocycles. The molecule has 2 aliphatic heterocycles. The maximum absolute atomic E-state index is 15.7. The van der Waals surface area contributed by atoms with Crippen LogP contribution >= 0.6 is 0 Å². The van der Waals surface area contributed by atoms with Crippen LogP contribution in [0.15, 0.2) is 65.6 Å². The Morgan fingerprint density at radius 3 is 2.50 bits per heavy atom. The van der Waals surface area contributed by atoms with Crippen LogP contribution in [0.25, 0.3) is 11.1 Å². The molecule has 1 N–H and O–H groups in total. The van der Waals surface area contributed by atoms with Crippen molar-refractivity contribution in [2.45, 2.75) is 17.9 Å². The van der Waals surface area contributed by atoms with Crippen LogP contribution in [0.5, 0.6) is 17.2 Å². The number of rotatable bonds is 8. The van der Waals surface area contributed by atoms with Crippen molar-refractivity contribution in [2.24, 2.45) is 5.92 Å². The van der Waals surface area contributed by atoms with Gasteiger partial charge in [-0.25, -0.2) is 12.8 Å². The number of halogens is 2. The molecule has 9 heteroatoms. The third kappa shape index (κ3) is 5.13. The predicted octanol–water partition coefficient (Wildman–Crippen LogP) is 5.28. The van der Waals surface area contributed by atoms with Gasteiger partial charge in [-0.2, -0.15) is 0 Å². The van der Waals surface area contributed by atoms with E-state index in [0.717, 1.165) is 31.5 Å². The van der Waals surface area contributed by atoms with Crippen LogP contribution in [0, 0.1) is 11.7 Å². The zero-order valence-electron chi connectivity index (χ0n) is 21.2. The number of benzene rings is 3. The first-order chi connectivity index (χ1) is 18.2. The first kappa shape index (κ1) is 26.2. The number of hydrogen-bond donors (Lipinski definition) is 1. The second kappa shape index (κ2) is 10.4. The molecule has 3 aromatic rings. The molecule has 0 amide bonds. The Hall–Kier alpha value is -3.43. The number of fused-ring (bicyclic) bond motifs is 1. The van der Waals surface area contributed by atoms with Crippen LogP contribution in [-0.4, -0.2) is 57.6 Å². The van der Waals surface area contributed by atoms with Crippen molar-refractivity contribution in [1.29, 1.82) is 0 Å². The minimum Gasteiger partial charge on any atom is -0.508 e. The number of sulfone groups is 1. The van der Waals surface area contributed by atoms with Gasteiger partial charge in [-0.05, 0) is 54.5 Å². The molecule has 200 valence electrons. The minimum atomic E-state index is -3.80. The summed E-state index contributed by atoms with van der Waals surface area (Å²) in [6.45, 7) is 4.21. The maximum atomic E-state index is 15.7. The van der Waals surface area contributed by atoms with Crippen LogP contribution in [0.1, 0.15) is 29.7 Å². The van der Waals surface area contributed by atoms with E-state index in [1.165, 1.54) is 24.3 Å². The molecule has 1 fully saturated rings. The van der Waals surface area contributed by atoms with E-state index in [1.807, 2.05) is 24.3 Å². The van der Waals surface area contributed by atoms with E-state index in [4.69, 9.17) is 9.47 Å². The molecule has 1 atom stereocenters. The average Bonchev–Trinajstić information content (AvgIpc) is 2.86. The summed E-state index contributed by atoms with van der Waals surface area (Å²) < 4.78 is 64.9. The fourth-order valence-electron chi connectivity index (χ4n) is 5.01. The average molecular weight is 542 g/mol. The molecule has 2 aliphatic rings. The molecule has 0 saturated carbocycles. The number of phenolic OH excluding ortho intramolecular Hbond substituents is 1. The highest BCUT2D eigenvalue weighted by Gasteiger charge is 2.32. The second-order valence-electron chi connectivity index (χ2n) is 9.80. The molecule has 0 spiro atoms. The Morgan fingerprint density at radius 1 is 1.08 bits per heavy atom. The number of phenols is 1. The third-order valence-electron chi connectivity index (χ3n) is 7.04. The summed E-state index contributed by atoms with van der Waals surface area (Å²) in [5, 5.41) is 10.1. The first-order valence-corrected chi connectivity index (χ1v) is 14.3. The van der Waals surface area contributed by atoms with Gasteiger partial charge in [0.05, 0.1) is 6.67 Å². The van der Waals surface area contributed by atoms with Gasteiger partial charge in [0.25, 0.3) is 0 Å². The molecular weight excluding hydrogens is 512 g/mol. The summed E-state index contributed by atoms with van der Waals surface area (Å²) >= 11 is 0. The fourth-order valence-corrected chi connectivity index (χ4v) is 5.77. The summed E-state index contributed by atoms with van der Waals surface area (Å²) in [4.78, 5) is 1.75. The molecule has 2 heterocycles. The van der Waals surface area contributed by atoms with Crippen molar-refractivity contribution < 1.29 is 31.8 Å². The Bertz CT molecular complexity index is 1480. The smallest absolute Gasteiger partial charge is 0.178 e. The molecule has 5 rings (SSSR count). The fraction of sp³-hybridized carbons (Fsp3) is 0.310. The van der Waals surface area contributed by atoms with Gasteiger partial charge in [0, 0.05) is 48.5 Å². The summed E-state index contributed by atoms with van der Waals surface area (Å²) in [7, 11) is -3.80. The number of likely N-dealkylation sites (tertiary alicyclic amines) is 1. The summed E-state index contributed by atoms with van der Waals surface area (Å²) in [6.07, 6.45) is 0.239. The molecule has 6 nitrogen and oxygen atoms in total. The van der Waals surface area contributed by atoms with E-state index in [1.54, 1.807) is 19.1 Å². The van der Waals surface area contributed by atoms with E-state index in [0.29, 0.717) is 34.8 Å². The van der Waals surface area contributed by atoms with Gasteiger partial charge in [-0.1, -0.05) is 24.3 Å².